The Morgan fingerprint density at radius 3 is 3.04 bits per heavy atom. The van der Waals surface area contributed by atoms with Gasteiger partial charge in [-0.15, -0.1) is 0 Å². The molecule has 1 N–H and O–H groups in total. The molecule has 0 saturated heterocycles. The van der Waals surface area contributed by atoms with Gasteiger partial charge < -0.3 is 10.1 Å². The predicted octanol–water partition coefficient (Wildman–Crippen LogP) is 2.17. The van der Waals surface area contributed by atoms with Crippen LogP contribution in [0.25, 0.3) is 0 Å². The van der Waals surface area contributed by atoms with Gasteiger partial charge in [-0.3, -0.25) is 14.2 Å². The van der Waals surface area contributed by atoms with Gasteiger partial charge in [0.05, 0.1) is 13.2 Å². The molecule has 25 heavy (non-hydrogen) atoms. The zero-order valence-electron chi connectivity index (χ0n) is 14.3. The normalized spacial score (nSPS) is 15.7. The van der Waals surface area contributed by atoms with Crippen molar-refractivity contribution in [1.29, 1.82) is 0 Å². The minimum atomic E-state index is -0.142. The van der Waals surface area contributed by atoms with Crippen molar-refractivity contribution in [2.24, 2.45) is 0 Å². The van der Waals surface area contributed by atoms with Crippen LogP contribution in [0, 0.1) is 0 Å². The van der Waals surface area contributed by atoms with E-state index in [1.54, 1.807) is 17.7 Å². The van der Waals surface area contributed by atoms with Crippen LogP contribution in [0.2, 0.25) is 0 Å². The van der Waals surface area contributed by atoms with E-state index in [4.69, 9.17) is 4.74 Å². The number of fused-ring (bicyclic) bond motifs is 1. The molecule has 1 aliphatic rings. The van der Waals surface area contributed by atoms with Gasteiger partial charge in [0.15, 0.2) is 5.16 Å². The van der Waals surface area contributed by atoms with Gasteiger partial charge in [0.1, 0.15) is 5.75 Å². The summed E-state index contributed by atoms with van der Waals surface area (Å²) in [4.78, 5) is 29.1. The molecule has 0 aliphatic carbocycles. The standard InChI is InChI=1S/C18H21N3O3S/c1-3-13-8-17(23)21-14(11-25-18(21)20-13)9-16(22)19-10-12-5-4-6-15(7-12)24-2/h4-8,14H,3,9-11H2,1-2H3,(H,19,22)/t14-/m0/s1. The van der Waals surface area contributed by atoms with E-state index in [0.29, 0.717) is 12.3 Å². The van der Waals surface area contributed by atoms with Gasteiger partial charge in [0.25, 0.3) is 5.56 Å². The predicted molar refractivity (Wildman–Crippen MR) is 97.1 cm³/mol. The van der Waals surface area contributed by atoms with Crippen molar-refractivity contribution in [1.82, 2.24) is 14.9 Å². The number of aryl methyl sites for hydroxylation is 1. The third-order valence-corrected chi connectivity index (χ3v) is 5.25. The third kappa shape index (κ3) is 4.04. The summed E-state index contributed by atoms with van der Waals surface area (Å²) in [5.41, 5.74) is 1.70. The number of nitrogens with zero attached hydrogens (tertiary/aromatic N) is 2. The second kappa shape index (κ2) is 7.74. The highest BCUT2D eigenvalue weighted by Gasteiger charge is 2.27. The number of methoxy groups -OCH3 is 1. The first-order valence-corrected chi connectivity index (χ1v) is 9.24. The Bertz CT molecular complexity index is 835. The molecule has 0 bridgehead atoms. The number of aromatic nitrogens is 2. The molecule has 132 valence electrons. The molecule has 1 aliphatic heterocycles. The zero-order valence-corrected chi connectivity index (χ0v) is 15.1. The van der Waals surface area contributed by atoms with E-state index in [9.17, 15) is 9.59 Å². The minimum absolute atomic E-state index is 0.0718. The van der Waals surface area contributed by atoms with Crippen molar-refractivity contribution >= 4 is 17.7 Å². The highest BCUT2D eigenvalue weighted by atomic mass is 32.2. The first kappa shape index (κ1) is 17.5. The molecule has 1 aromatic heterocycles. The largest absolute Gasteiger partial charge is 0.497 e. The number of carbonyl (C=O) groups is 1. The number of thioether (sulfide) groups is 1. The average molecular weight is 359 g/mol. The summed E-state index contributed by atoms with van der Waals surface area (Å²) in [7, 11) is 1.61. The first-order chi connectivity index (χ1) is 12.1. The van der Waals surface area contributed by atoms with Gasteiger partial charge in [-0.05, 0) is 24.1 Å². The number of nitrogens with one attached hydrogen (secondary N) is 1. The molecule has 0 spiro atoms. The quantitative estimate of drug-likeness (QED) is 0.800. The smallest absolute Gasteiger partial charge is 0.254 e. The average Bonchev–Trinajstić information content (AvgIpc) is 3.03. The summed E-state index contributed by atoms with van der Waals surface area (Å²) in [6.45, 7) is 2.41. The van der Waals surface area contributed by atoms with Crippen LogP contribution < -0.4 is 15.6 Å². The maximum Gasteiger partial charge on any atom is 0.254 e. The van der Waals surface area contributed by atoms with Crippen LogP contribution in [0.1, 0.15) is 30.6 Å². The van der Waals surface area contributed by atoms with Gasteiger partial charge in [0, 0.05) is 30.5 Å². The Morgan fingerprint density at radius 1 is 1.44 bits per heavy atom. The number of amides is 1. The van der Waals surface area contributed by atoms with E-state index < -0.39 is 0 Å². The van der Waals surface area contributed by atoms with Crippen molar-refractivity contribution in [3.63, 3.8) is 0 Å². The Kier molecular flexibility index (Phi) is 5.43. The fourth-order valence-electron chi connectivity index (χ4n) is 2.80. The van der Waals surface area contributed by atoms with Gasteiger partial charge in [-0.1, -0.05) is 30.8 Å². The molecule has 0 saturated carbocycles. The number of rotatable bonds is 6. The molecular formula is C18H21N3O3S. The maximum atomic E-state index is 12.3. The molecule has 0 radical (unpaired) electrons. The minimum Gasteiger partial charge on any atom is -0.497 e. The lowest BCUT2D eigenvalue weighted by atomic mass is 10.2. The van der Waals surface area contributed by atoms with Gasteiger partial charge in [-0.2, -0.15) is 0 Å². The highest BCUT2D eigenvalue weighted by Crippen LogP contribution is 2.32. The number of ether oxygens (including phenoxy) is 1. The van der Waals surface area contributed by atoms with Gasteiger partial charge in [0.2, 0.25) is 5.91 Å². The van der Waals surface area contributed by atoms with Crippen molar-refractivity contribution in [3.8, 4) is 5.75 Å². The Morgan fingerprint density at radius 2 is 2.28 bits per heavy atom. The highest BCUT2D eigenvalue weighted by molar-refractivity contribution is 7.99. The molecule has 3 rings (SSSR count). The first-order valence-electron chi connectivity index (χ1n) is 8.25. The number of benzene rings is 1. The van der Waals surface area contributed by atoms with Crippen LogP contribution in [0.5, 0.6) is 5.75 Å². The summed E-state index contributed by atoms with van der Waals surface area (Å²) in [6.07, 6.45) is 1.01. The van der Waals surface area contributed by atoms with Gasteiger partial charge in [-0.25, -0.2) is 4.98 Å². The Balaban J connectivity index is 1.62. The second-order valence-electron chi connectivity index (χ2n) is 5.89. The van der Waals surface area contributed by atoms with E-state index in [1.165, 1.54) is 11.8 Å². The molecule has 2 aromatic rings. The molecule has 0 unspecified atom stereocenters. The van der Waals surface area contributed by atoms with E-state index in [1.807, 2.05) is 31.2 Å². The van der Waals surface area contributed by atoms with Crippen LogP contribution >= 0.6 is 11.8 Å². The second-order valence-corrected chi connectivity index (χ2v) is 6.88. The van der Waals surface area contributed by atoms with E-state index >= 15 is 0 Å². The summed E-state index contributed by atoms with van der Waals surface area (Å²) in [5, 5.41) is 3.63. The summed E-state index contributed by atoms with van der Waals surface area (Å²) >= 11 is 1.54. The molecular weight excluding hydrogens is 338 g/mol. The van der Waals surface area contributed by atoms with Gasteiger partial charge >= 0.3 is 0 Å². The fraction of sp³-hybridized carbons (Fsp3) is 0.389. The Hall–Kier alpha value is -2.28. The van der Waals surface area contributed by atoms with Crippen molar-refractivity contribution in [2.45, 2.75) is 37.5 Å². The molecule has 2 heterocycles. The van der Waals surface area contributed by atoms with Crippen LogP contribution in [0.4, 0.5) is 0 Å². The molecule has 1 atom stereocenters. The molecule has 7 heteroatoms. The lowest BCUT2D eigenvalue weighted by Crippen LogP contribution is -2.30. The molecule has 1 aromatic carbocycles. The van der Waals surface area contributed by atoms with E-state index in [-0.39, 0.29) is 23.9 Å². The number of hydrogen-bond acceptors (Lipinski definition) is 5. The van der Waals surface area contributed by atoms with Crippen molar-refractivity contribution < 1.29 is 9.53 Å². The summed E-state index contributed by atoms with van der Waals surface area (Å²) < 4.78 is 6.83. The van der Waals surface area contributed by atoms with Crippen LogP contribution in [0.15, 0.2) is 40.3 Å². The molecule has 1 amide bonds. The lowest BCUT2D eigenvalue weighted by molar-refractivity contribution is -0.121. The number of carbonyl (C=O) groups excluding carboxylic acids is 1. The Labute approximate surface area is 150 Å². The summed E-state index contributed by atoms with van der Waals surface area (Å²) in [5.74, 6) is 1.38. The SMILES string of the molecule is CCc1cc(=O)n2c(n1)SC[C@@H]2CC(=O)NCc1cccc(OC)c1. The van der Waals surface area contributed by atoms with E-state index in [2.05, 4.69) is 10.3 Å². The maximum absolute atomic E-state index is 12.3. The van der Waals surface area contributed by atoms with Crippen LogP contribution in [0.3, 0.4) is 0 Å². The fourth-order valence-corrected chi connectivity index (χ4v) is 3.97. The topological polar surface area (TPSA) is 73.2 Å². The summed E-state index contributed by atoms with van der Waals surface area (Å²) in [6, 6.07) is 9.00. The van der Waals surface area contributed by atoms with Crippen molar-refractivity contribution in [3.05, 3.63) is 51.9 Å². The molecule has 0 fully saturated rings. The lowest BCUT2D eigenvalue weighted by Gasteiger charge is -2.13. The molecule has 6 nitrogen and oxygen atoms in total. The third-order valence-electron chi connectivity index (χ3n) is 4.15. The van der Waals surface area contributed by atoms with Crippen LogP contribution in [-0.4, -0.2) is 28.3 Å². The van der Waals surface area contributed by atoms with Crippen molar-refractivity contribution in [2.75, 3.05) is 12.9 Å². The zero-order chi connectivity index (χ0) is 17.8. The van der Waals surface area contributed by atoms with Crippen LogP contribution in [-0.2, 0) is 17.8 Å². The van der Waals surface area contributed by atoms with E-state index in [0.717, 1.165) is 28.6 Å². The number of hydrogen-bond donors (Lipinski definition) is 1. The monoisotopic (exact) mass is 359 g/mol.